The Morgan fingerprint density at radius 1 is 1.18 bits per heavy atom. The third kappa shape index (κ3) is 4.21. The maximum absolute atomic E-state index is 13.1. The Labute approximate surface area is 192 Å². The Balaban J connectivity index is 1.41. The lowest BCUT2D eigenvalue weighted by Crippen LogP contribution is -2.40. The highest BCUT2D eigenvalue weighted by Crippen LogP contribution is 2.35. The summed E-state index contributed by atoms with van der Waals surface area (Å²) in [7, 11) is -2.30. The summed E-state index contributed by atoms with van der Waals surface area (Å²) in [5.41, 5.74) is 2.43. The Kier molecular flexibility index (Phi) is 5.81. The van der Waals surface area contributed by atoms with Crippen LogP contribution in [0.15, 0.2) is 41.3 Å². The average Bonchev–Trinajstić information content (AvgIpc) is 3.20. The second-order valence-corrected chi connectivity index (χ2v) is 10.3. The fourth-order valence-electron chi connectivity index (χ4n) is 4.14. The Bertz CT molecular complexity index is 1290. The number of nitrogens with zero attached hydrogens (tertiary/aromatic N) is 2. The van der Waals surface area contributed by atoms with E-state index in [4.69, 9.17) is 9.47 Å². The average molecular weight is 471 g/mol. The summed E-state index contributed by atoms with van der Waals surface area (Å²) < 4.78 is 38.0. The summed E-state index contributed by atoms with van der Waals surface area (Å²) in [5.74, 6) is 1.31. The molecule has 2 aliphatic rings. The lowest BCUT2D eigenvalue weighted by Gasteiger charge is -2.26. The van der Waals surface area contributed by atoms with Gasteiger partial charge in [-0.05, 0) is 49.2 Å². The van der Waals surface area contributed by atoms with E-state index in [9.17, 15) is 13.2 Å². The summed E-state index contributed by atoms with van der Waals surface area (Å²) >= 11 is 0. The van der Waals surface area contributed by atoms with Crippen molar-refractivity contribution >= 4 is 32.7 Å². The SMILES string of the molecule is COc1ccc(S(=O)(=O)N2CCOCC2)cc1C(=O)Nc1ccc2nc(C3CCC3)[nH]c2c1. The Morgan fingerprint density at radius 3 is 2.67 bits per heavy atom. The van der Waals surface area contributed by atoms with Crippen molar-refractivity contribution in [3.8, 4) is 5.75 Å². The van der Waals surface area contributed by atoms with Gasteiger partial charge < -0.3 is 19.8 Å². The molecule has 174 valence electrons. The molecule has 2 heterocycles. The molecule has 0 bridgehead atoms. The third-order valence-electron chi connectivity index (χ3n) is 6.27. The Hall–Kier alpha value is -2.95. The number of hydrogen-bond acceptors (Lipinski definition) is 6. The second-order valence-electron chi connectivity index (χ2n) is 8.31. The van der Waals surface area contributed by atoms with E-state index in [0.29, 0.717) is 30.6 Å². The zero-order valence-corrected chi connectivity index (χ0v) is 19.2. The summed E-state index contributed by atoms with van der Waals surface area (Å²) in [6, 6.07) is 9.81. The molecule has 2 aromatic carbocycles. The number of benzene rings is 2. The van der Waals surface area contributed by atoms with E-state index >= 15 is 0 Å². The number of fused-ring (bicyclic) bond motifs is 1. The topological polar surface area (TPSA) is 114 Å². The van der Waals surface area contributed by atoms with Crippen LogP contribution in [0.1, 0.15) is 41.4 Å². The van der Waals surface area contributed by atoms with E-state index in [1.54, 1.807) is 6.07 Å². The van der Waals surface area contributed by atoms with Crippen molar-refractivity contribution in [1.29, 1.82) is 0 Å². The maximum atomic E-state index is 13.1. The van der Waals surface area contributed by atoms with Gasteiger partial charge in [-0.3, -0.25) is 4.79 Å². The highest BCUT2D eigenvalue weighted by Gasteiger charge is 2.28. The van der Waals surface area contributed by atoms with E-state index in [2.05, 4.69) is 15.3 Å². The van der Waals surface area contributed by atoms with E-state index in [1.807, 2.05) is 12.1 Å². The van der Waals surface area contributed by atoms with E-state index in [1.165, 1.54) is 36.0 Å². The van der Waals surface area contributed by atoms with Gasteiger partial charge in [-0.15, -0.1) is 0 Å². The van der Waals surface area contributed by atoms with Gasteiger partial charge in [0.25, 0.3) is 5.91 Å². The van der Waals surface area contributed by atoms with Gasteiger partial charge in [-0.25, -0.2) is 13.4 Å². The number of anilines is 1. The monoisotopic (exact) mass is 470 g/mol. The standard InChI is InChI=1S/C23H26N4O5S/c1-31-21-8-6-17(33(29,30)27-9-11-32-12-10-27)14-18(21)23(28)24-16-5-7-19-20(13-16)26-22(25-19)15-3-2-4-15/h5-8,13-15H,2-4,9-12H2,1H3,(H,24,28)(H,25,26). The summed E-state index contributed by atoms with van der Waals surface area (Å²) in [6.07, 6.45) is 3.52. The molecule has 1 saturated heterocycles. The van der Waals surface area contributed by atoms with Crippen LogP contribution in [0.3, 0.4) is 0 Å². The fourth-order valence-corrected chi connectivity index (χ4v) is 5.58. The molecule has 0 radical (unpaired) electrons. The molecule has 2 fully saturated rings. The molecule has 33 heavy (non-hydrogen) atoms. The van der Waals surface area contributed by atoms with E-state index < -0.39 is 15.9 Å². The third-order valence-corrected chi connectivity index (χ3v) is 8.17. The van der Waals surface area contributed by atoms with Crippen molar-refractivity contribution in [3.63, 3.8) is 0 Å². The van der Waals surface area contributed by atoms with Crippen molar-refractivity contribution in [2.75, 3.05) is 38.7 Å². The summed E-state index contributed by atoms with van der Waals surface area (Å²) in [5, 5.41) is 2.85. The first-order chi connectivity index (χ1) is 16.0. The van der Waals surface area contributed by atoms with Gasteiger partial charge in [0.15, 0.2) is 0 Å². The van der Waals surface area contributed by atoms with Gasteiger partial charge in [0.2, 0.25) is 10.0 Å². The van der Waals surface area contributed by atoms with Crippen molar-refractivity contribution in [2.24, 2.45) is 0 Å². The van der Waals surface area contributed by atoms with Crippen LogP contribution in [-0.2, 0) is 14.8 Å². The van der Waals surface area contributed by atoms with Crippen molar-refractivity contribution in [1.82, 2.24) is 14.3 Å². The first kappa shape index (κ1) is 21.9. The maximum Gasteiger partial charge on any atom is 0.259 e. The van der Waals surface area contributed by atoms with Crippen molar-refractivity contribution < 1.29 is 22.7 Å². The number of ether oxygens (including phenoxy) is 2. The number of methoxy groups -OCH3 is 1. The molecule has 9 nitrogen and oxygen atoms in total. The van der Waals surface area contributed by atoms with Crippen LogP contribution >= 0.6 is 0 Å². The minimum atomic E-state index is -3.74. The molecule has 1 aromatic heterocycles. The lowest BCUT2D eigenvalue weighted by molar-refractivity contribution is 0.0730. The fraction of sp³-hybridized carbons (Fsp3) is 0.391. The number of sulfonamides is 1. The number of amides is 1. The molecular formula is C23H26N4O5S. The number of imidazole rings is 1. The van der Waals surface area contributed by atoms with Crippen LogP contribution in [0, 0.1) is 0 Å². The summed E-state index contributed by atoms with van der Waals surface area (Å²) in [6.45, 7) is 1.26. The van der Waals surface area contributed by atoms with E-state index in [-0.39, 0.29) is 23.5 Å². The molecule has 0 atom stereocenters. The molecule has 1 aliphatic carbocycles. The number of nitrogens with one attached hydrogen (secondary N) is 2. The molecule has 1 amide bonds. The van der Waals surface area contributed by atoms with Crippen molar-refractivity contribution in [3.05, 3.63) is 47.8 Å². The van der Waals surface area contributed by atoms with Crippen LogP contribution < -0.4 is 10.1 Å². The second kappa shape index (κ2) is 8.77. The van der Waals surface area contributed by atoms with Gasteiger partial charge >= 0.3 is 0 Å². The van der Waals surface area contributed by atoms with Gasteiger partial charge in [-0.1, -0.05) is 6.42 Å². The normalized spacial score (nSPS) is 17.6. The molecule has 2 N–H and O–H groups in total. The molecule has 10 heteroatoms. The lowest BCUT2D eigenvalue weighted by atomic mass is 9.85. The van der Waals surface area contributed by atoms with Gasteiger partial charge in [0.1, 0.15) is 11.6 Å². The molecule has 0 unspecified atom stereocenters. The predicted molar refractivity (Wildman–Crippen MR) is 123 cm³/mol. The predicted octanol–water partition coefficient (Wildman–Crippen LogP) is 3.11. The number of aromatic nitrogens is 2. The van der Waals surface area contributed by atoms with Crippen LogP contribution in [0.25, 0.3) is 11.0 Å². The van der Waals surface area contributed by atoms with Crippen LogP contribution in [0.4, 0.5) is 5.69 Å². The largest absolute Gasteiger partial charge is 0.496 e. The number of carbonyl (C=O) groups excluding carboxylic acids is 1. The summed E-state index contributed by atoms with van der Waals surface area (Å²) in [4.78, 5) is 21.2. The first-order valence-corrected chi connectivity index (χ1v) is 12.5. The molecule has 3 aromatic rings. The molecule has 5 rings (SSSR count). The highest BCUT2D eigenvalue weighted by atomic mass is 32.2. The van der Waals surface area contributed by atoms with Crippen molar-refractivity contribution in [2.45, 2.75) is 30.1 Å². The Morgan fingerprint density at radius 2 is 1.97 bits per heavy atom. The van der Waals surface area contributed by atoms with Gasteiger partial charge in [0.05, 0.1) is 41.8 Å². The zero-order valence-electron chi connectivity index (χ0n) is 18.3. The number of carbonyl (C=O) groups is 1. The minimum absolute atomic E-state index is 0.0458. The van der Waals surface area contributed by atoms with Crippen LogP contribution in [0.2, 0.25) is 0 Å². The number of morpholine rings is 1. The highest BCUT2D eigenvalue weighted by molar-refractivity contribution is 7.89. The first-order valence-electron chi connectivity index (χ1n) is 11.0. The minimum Gasteiger partial charge on any atom is -0.496 e. The van der Waals surface area contributed by atoms with Gasteiger partial charge in [-0.2, -0.15) is 4.31 Å². The number of hydrogen-bond donors (Lipinski definition) is 2. The van der Waals surface area contributed by atoms with Gasteiger partial charge in [0, 0.05) is 24.7 Å². The molecule has 1 aliphatic heterocycles. The molecular weight excluding hydrogens is 444 g/mol. The van der Waals surface area contributed by atoms with Crippen LogP contribution in [-0.4, -0.2) is 62.0 Å². The smallest absolute Gasteiger partial charge is 0.259 e. The zero-order chi connectivity index (χ0) is 23.0. The van der Waals surface area contributed by atoms with Crippen LogP contribution in [0.5, 0.6) is 5.75 Å². The van der Waals surface area contributed by atoms with E-state index in [0.717, 1.165) is 29.7 Å². The quantitative estimate of drug-likeness (QED) is 0.572. The number of rotatable bonds is 6. The molecule has 1 saturated carbocycles. The number of aromatic amines is 1. The molecule has 0 spiro atoms. The number of H-pyrrole nitrogens is 1.